The zero-order valence-corrected chi connectivity index (χ0v) is 9.42. The van der Waals surface area contributed by atoms with Gasteiger partial charge in [-0.05, 0) is 12.8 Å². The van der Waals surface area contributed by atoms with E-state index in [-0.39, 0.29) is 18.9 Å². The van der Waals surface area contributed by atoms with Gasteiger partial charge < -0.3 is 9.88 Å². The molecule has 1 aliphatic rings. The number of halogens is 2. The summed E-state index contributed by atoms with van der Waals surface area (Å²) < 4.78 is 28.2. The Bertz CT molecular complexity index is 349. The molecule has 0 spiro atoms. The first-order valence-electron chi connectivity index (χ1n) is 5.64. The summed E-state index contributed by atoms with van der Waals surface area (Å²) >= 11 is 0. The molecule has 5 heteroatoms. The third-order valence-electron chi connectivity index (χ3n) is 3.11. The Morgan fingerprint density at radius 1 is 1.62 bits per heavy atom. The van der Waals surface area contributed by atoms with Crippen molar-refractivity contribution < 1.29 is 8.78 Å². The van der Waals surface area contributed by atoms with Crippen molar-refractivity contribution in [1.82, 2.24) is 14.9 Å². The number of nitrogens with one attached hydrogen (secondary N) is 1. The van der Waals surface area contributed by atoms with Gasteiger partial charge >= 0.3 is 0 Å². The number of aromatic nitrogens is 2. The lowest BCUT2D eigenvalue weighted by Gasteiger charge is -2.29. The molecule has 3 nitrogen and oxygen atoms in total. The fourth-order valence-corrected chi connectivity index (χ4v) is 2.15. The van der Waals surface area contributed by atoms with Gasteiger partial charge in [0.2, 0.25) is 5.92 Å². The highest BCUT2D eigenvalue weighted by Crippen LogP contribution is 2.33. The summed E-state index contributed by atoms with van der Waals surface area (Å²) in [7, 11) is 1.90. The minimum absolute atomic E-state index is 0.0353. The van der Waals surface area contributed by atoms with Gasteiger partial charge in [-0.15, -0.1) is 0 Å². The lowest BCUT2D eigenvalue weighted by molar-refractivity contribution is -0.0443. The molecule has 1 fully saturated rings. The minimum atomic E-state index is -2.49. The molecule has 1 aromatic heterocycles. The minimum Gasteiger partial charge on any atom is -0.337 e. The second-order valence-corrected chi connectivity index (χ2v) is 4.48. The molecule has 2 rings (SSSR count). The van der Waals surface area contributed by atoms with Crippen molar-refractivity contribution in [1.29, 1.82) is 0 Å². The molecule has 0 saturated heterocycles. The summed E-state index contributed by atoms with van der Waals surface area (Å²) in [6.07, 6.45) is 5.00. The topological polar surface area (TPSA) is 29.9 Å². The van der Waals surface area contributed by atoms with Crippen molar-refractivity contribution in [3.05, 3.63) is 18.2 Å². The van der Waals surface area contributed by atoms with E-state index in [2.05, 4.69) is 10.3 Å². The Balaban J connectivity index is 1.84. The lowest BCUT2D eigenvalue weighted by atomic mass is 9.92. The zero-order chi connectivity index (χ0) is 11.6. The average Bonchev–Trinajstić information content (AvgIpc) is 2.60. The van der Waals surface area contributed by atoms with Crippen LogP contribution in [0.1, 0.15) is 31.5 Å². The van der Waals surface area contributed by atoms with Crippen LogP contribution in [0.4, 0.5) is 8.78 Å². The van der Waals surface area contributed by atoms with Crippen LogP contribution in [0.5, 0.6) is 0 Å². The zero-order valence-electron chi connectivity index (χ0n) is 9.42. The Kier molecular flexibility index (Phi) is 3.23. The lowest BCUT2D eigenvalue weighted by Crippen LogP contribution is -2.39. The van der Waals surface area contributed by atoms with E-state index in [1.807, 2.05) is 17.8 Å². The van der Waals surface area contributed by atoms with Gasteiger partial charge in [0.15, 0.2) is 0 Å². The van der Waals surface area contributed by atoms with E-state index in [9.17, 15) is 8.78 Å². The molecule has 1 aromatic rings. The third kappa shape index (κ3) is 2.78. The van der Waals surface area contributed by atoms with Crippen LogP contribution in [0.15, 0.2) is 12.4 Å². The van der Waals surface area contributed by atoms with Gasteiger partial charge in [0.05, 0.1) is 6.54 Å². The normalized spacial score (nSPS) is 24.6. The maximum Gasteiger partial charge on any atom is 0.249 e. The molecule has 0 aliphatic heterocycles. The van der Waals surface area contributed by atoms with E-state index in [4.69, 9.17) is 0 Å². The second-order valence-electron chi connectivity index (χ2n) is 4.48. The van der Waals surface area contributed by atoms with Crippen molar-refractivity contribution in [2.75, 3.05) is 0 Å². The molecule has 1 N–H and O–H groups in total. The van der Waals surface area contributed by atoms with Gasteiger partial charge in [0.1, 0.15) is 5.82 Å². The maximum atomic E-state index is 13.1. The number of imidazole rings is 1. The van der Waals surface area contributed by atoms with Gasteiger partial charge in [0, 0.05) is 38.3 Å². The first-order chi connectivity index (χ1) is 7.57. The van der Waals surface area contributed by atoms with E-state index in [0.29, 0.717) is 13.0 Å². The Morgan fingerprint density at radius 2 is 2.44 bits per heavy atom. The molecule has 0 radical (unpaired) electrons. The molecular formula is C11H17F2N3. The van der Waals surface area contributed by atoms with Crippen molar-refractivity contribution >= 4 is 0 Å². The molecule has 0 bridgehead atoms. The summed E-state index contributed by atoms with van der Waals surface area (Å²) in [5.41, 5.74) is 0. The monoisotopic (exact) mass is 229 g/mol. The van der Waals surface area contributed by atoms with Gasteiger partial charge in [-0.1, -0.05) is 0 Å². The number of hydrogen-bond acceptors (Lipinski definition) is 2. The highest BCUT2D eigenvalue weighted by atomic mass is 19.3. The molecular weight excluding hydrogens is 212 g/mol. The first-order valence-corrected chi connectivity index (χ1v) is 5.64. The van der Waals surface area contributed by atoms with Crippen LogP contribution in [-0.2, 0) is 13.6 Å². The van der Waals surface area contributed by atoms with Crippen molar-refractivity contribution in [2.45, 2.75) is 44.2 Å². The van der Waals surface area contributed by atoms with Crippen LogP contribution in [0.2, 0.25) is 0 Å². The molecule has 0 amide bonds. The van der Waals surface area contributed by atoms with Crippen LogP contribution in [-0.4, -0.2) is 21.5 Å². The fraction of sp³-hybridized carbons (Fsp3) is 0.727. The number of hydrogen-bond donors (Lipinski definition) is 1. The molecule has 0 aromatic carbocycles. The molecule has 16 heavy (non-hydrogen) atoms. The second kappa shape index (κ2) is 4.49. The van der Waals surface area contributed by atoms with Crippen molar-refractivity contribution in [2.24, 2.45) is 7.05 Å². The Morgan fingerprint density at radius 3 is 3.06 bits per heavy atom. The Labute approximate surface area is 93.9 Å². The molecule has 0 unspecified atom stereocenters. The van der Waals surface area contributed by atoms with E-state index in [1.54, 1.807) is 6.20 Å². The van der Waals surface area contributed by atoms with Gasteiger partial charge in [-0.2, -0.15) is 0 Å². The molecule has 1 saturated carbocycles. The van der Waals surface area contributed by atoms with E-state index >= 15 is 0 Å². The van der Waals surface area contributed by atoms with Crippen LogP contribution in [0.25, 0.3) is 0 Å². The highest BCUT2D eigenvalue weighted by molar-refractivity contribution is 4.92. The molecule has 1 heterocycles. The summed E-state index contributed by atoms with van der Waals surface area (Å²) in [6.45, 7) is 0.560. The smallest absolute Gasteiger partial charge is 0.249 e. The van der Waals surface area contributed by atoms with Crippen LogP contribution in [0.3, 0.4) is 0 Å². The maximum absolute atomic E-state index is 13.1. The summed E-state index contributed by atoms with van der Waals surface area (Å²) in [4.78, 5) is 4.15. The summed E-state index contributed by atoms with van der Waals surface area (Å²) in [6, 6.07) is -0.0829. The van der Waals surface area contributed by atoms with Crippen molar-refractivity contribution in [3.63, 3.8) is 0 Å². The van der Waals surface area contributed by atoms with E-state index in [1.165, 1.54) is 0 Å². The van der Waals surface area contributed by atoms with Gasteiger partial charge in [-0.25, -0.2) is 13.8 Å². The largest absolute Gasteiger partial charge is 0.337 e. The van der Waals surface area contributed by atoms with Crippen molar-refractivity contribution in [3.8, 4) is 0 Å². The molecule has 1 aliphatic carbocycles. The van der Waals surface area contributed by atoms with Crippen LogP contribution >= 0.6 is 0 Å². The number of alkyl halides is 2. The van der Waals surface area contributed by atoms with Crippen LogP contribution < -0.4 is 5.32 Å². The number of aryl methyl sites for hydroxylation is 1. The highest BCUT2D eigenvalue weighted by Gasteiger charge is 2.35. The third-order valence-corrected chi connectivity index (χ3v) is 3.11. The quantitative estimate of drug-likeness (QED) is 0.860. The SMILES string of the molecule is Cn1ccnc1CN[C@H]1CCCC(F)(F)C1. The Hall–Kier alpha value is -0.970. The summed E-state index contributed by atoms with van der Waals surface area (Å²) in [5.74, 6) is -1.61. The van der Waals surface area contributed by atoms with E-state index in [0.717, 1.165) is 12.2 Å². The number of nitrogens with zero attached hydrogens (tertiary/aromatic N) is 2. The predicted octanol–water partition coefficient (Wildman–Crippen LogP) is 2.09. The van der Waals surface area contributed by atoms with E-state index < -0.39 is 5.92 Å². The fourth-order valence-electron chi connectivity index (χ4n) is 2.15. The number of rotatable bonds is 3. The predicted molar refractivity (Wildman–Crippen MR) is 57.3 cm³/mol. The molecule has 1 atom stereocenters. The van der Waals surface area contributed by atoms with Crippen LogP contribution in [0, 0.1) is 0 Å². The standard InChI is InChI=1S/C11H17F2N3/c1-16-6-5-14-10(16)8-15-9-3-2-4-11(12,13)7-9/h5-6,9,15H,2-4,7-8H2,1H3/t9-/m0/s1. The average molecular weight is 229 g/mol. The first kappa shape index (κ1) is 11.5. The molecule has 90 valence electrons. The van der Waals surface area contributed by atoms with Gasteiger partial charge in [-0.3, -0.25) is 0 Å². The van der Waals surface area contributed by atoms with Gasteiger partial charge in [0.25, 0.3) is 0 Å². The summed E-state index contributed by atoms with van der Waals surface area (Å²) in [5, 5.41) is 3.16.